The molecule has 0 atom stereocenters. The van der Waals surface area contributed by atoms with Crippen molar-refractivity contribution in [3.63, 3.8) is 0 Å². The van der Waals surface area contributed by atoms with Gasteiger partial charge in [0.1, 0.15) is 5.69 Å². The minimum absolute atomic E-state index is 0.168. The third-order valence-corrected chi connectivity index (χ3v) is 4.81. The molecule has 4 aromatic rings. The van der Waals surface area contributed by atoms with Crippen molar-refractivity contribution in [3.8, 4) is 28.7 Å². The molecule has 0 unspecified atom stereocenters. The topological polar surface area (TPSA) is 83.0 Å². The number of para-hydroxylation sites is 1. The van der Waals surface area contributed by atoms with Crippen LogP contribution in [0.25, 0.3) is 28.7 Å². The van der Waals surface area contributed by atoms with Crippen LogP contribution in [0, 0.1) is 6.92 Å². The smallest absolute Gasteiger partial charge is 0.358 e. The van der Waals surface area contributed by atoms with Crippen LogP contribution >= 0.6 is 0 Å². The molecular weight excluding hydrogens is 380 g/mol. The molecule has 0 saturated carbocycles. The van der Waals surface area contributed by atoms with Gasteiger partial charge in [0.2, 0.25) is 5.82 Å². The SMILES string of the molecule is COC(=O)c1cc(-c2nc(-c3cccc(C)c3)no2)n(-c2ccccc2C(C)C)n1. The molecule has 7 heteroatoms. The van der Waals surface area contributed by atoms with Gasteiger partial charge in [0, 0.05) is 11.6 Å². The molecule has 0 aliphatic carbocycles. The first kappa shape index (κ1) is 19.6. The Labute approximate surface area is 174 Å². The van der Waals surface area contributed by atoms with E-state index in [4.69, 9.17) is 9.26 Å². The Hall–Kier alpha value is -3.74. The van der Waals surface area contributed by atoms with Gasteiger partial charge in [-0.2, -0.15) is 10.1 Å². The number of rotatable bonds is 5. The maximum absolute atomic E-state index is 12.2. The number of hydrogen-bond acceptors (Lipinski definition) is 6. The summed E-state index contributed by atoms with van der Waals surface area (Å²) in [5, 5.41) is 8.61. The van der Waals surface area contributed by atoms with E-state index in [9.17, 15) is 4.79 Å². The molecular formula is C23H22N4O3. The lowest BCUT2D eigenvalue weighted by molar-refractivity contribution is 0.0593. The summed E-state index contributed by atoms with van der Waals surface area (Å²) in [6.45, 7) is 6.21. The number of methoxy groups -OCH3 is 1. The van der Waals surface area contributed by atoms with Gasteiger partial charge in [0.15, 0.2) is 5.69 Å². The normalized spacial score (nSPS) is 11.1. The minimum Gasteiger partial charge on any atom is -0.464 e. The molecule has 30 heavy (non-hydrogen) atoms. The van der Waals surface area contributed by atoms with E-state index in [1.807, 2.05) is 55.5 Å². The number of carbonyl (C=O) groups is 1. The lowest BCUT2D eigenvalue weighted by Gasteiger charge is -2.13. The molecule has 152 valence electrons. The summed E-state index contributed by atoms with van der Waals surface area (Å²) in [4.78, 5) is 16.7. The van der Waals surface area contributed by atoms with Crippen molar-refractivity contribution in [2.75, 3.05) is 7.11 Å². The van der Waals surface area contributed by atoms with Gasteiger partial charge in [-0.05, 0) is 30.5 Å². The summed E-state index contributed by atoms with van der Waals surface area (Å²) in [7, 11) is 1.33. The standard InChI is InChI=1S/C23H22N4O3/c1-14(2)17-10-5-6-11-19(17)27-20(13-18(25-27)23(28)29-4)22-24-21(26-30-22)16-9-7-8-15(3)12-16/h5-14H,1-4H3. The molecule has 4 rings (SSSR count). The molecule has 0 spiro atoms. The van der Waals surface area contributed by atoms with Crippen LogP contribution in [0.5, 0.6) is 0 Å². The number of aryl methyl sites for hydroxylation is 1. The van der Waals surface area contributed by atoms with Crippen molar-refractivity contribution >= 4 is 5.97 Å². The van der Waals surface area contributed by atoms with Crippen LogP contribution in [0.4, 0.5) is 0 Å². The van der Waals surface area contributed by atoms with E-state index in [1.54, 1.807) is 10.7 Å². The Morgan fingerprint density at radius 3 is 2.63 bits per heavy atom. The number of ether oxygens (including phenoxy) is 1. The average molecular weight is 402 g/mol. The van der Waals surface area contributed by atoms with Crippen LogP contribution in [0.15, 0.2) is 59.1 Å². The Kier molecular flexibility index (Phi) is 5.18. The first-order valence-electron chi connectivity index (χ1n) is 9.66. The molecule has 0 N–H and O–H groups in total. The number of carbonyl (C=O) groups excluding carboxylic acids is 1. The summed E-state index contributed by atoms with van der Waals surface area (Å²) in [6.07, 6.45) is 0. The molecule has 0 saturated heterocycles. The van der Waals surface area contributed by atoms with Crippen LogP contribution in [0.3, 0.4) is 0 Å². The Morgan fingerprint density at radius 2 is 1.90 bits per heavy atom. The van der Waals surface area contributed by atoms with Gasteiger partial charge in [-0.25, -0.2) is 9.48 Å². The molecule has 0 amide bonds. The van der Waals surface area contributed by atoms with Gasteiger partial charge in [0.25, 0.3) is 5.89 Å². The molecule has 0 aliphatic rings. The predicted octanol–water partition coefficient (Wildman–Crippen LogP) is 4.81. The van der Waals surface area contributed by atoms with E-state index in [2.05, 4.69) is 29.1 Å². The second-order valence-electron chi connectivity index (χ2n) is 7.32. The third-order valence-electron chi connectivity index (χ3n) is 4.81. The van der Waals surface area contributed by atoms with E-state index in [-0.39, 0.29) is 17.5 Å². The second kappa shape index (κ2) is 7.94. The van der Waals surface area contributed by atoms with Crippen molar-refractivity contribution < 1.29 is 14.1 Å². The molecule has 0 bridgehead atoms. The van der Waals surface area contributed by atoms with Gasteiger partial charge in [0.05, 0.1) is 12.8 Å². The average Bonchev–Trinajstić information content (AvgIpc) is 3.40. The molecule has 2 aromatic heterocycles. The van der Waals surface area contributed by atoms with E-state index in [0.717, 1.165) is 22.4 Å². The molecule has 2 heterocycles. The summed E-state index contributed by atoms with van der Waals surface area (Å²) < 4.78 is 12.1. The Bertz CT molecular complexity index is 1210. The number of nitrogens with zero attached hydrogens (tertiary/aromatic N) is 4. The van der Waals surface area contributed by atoms with Crippen LogP contribution in [0.1, 0.15) is 41.4 Å². The first-order chi connectivity index (χ1) is 14.5. The summed E-state index contributed by atoms with van der Waals surface area (Å²) in [5.41, 5.74) is 4.57. The highest BCUT2D eigenvalue weighted by atomic mass is 16.5. The molecule has 0 fully saturated rings. The largest absolute Gasteiger partial charge is 0.464 e. The van der Waals surface area contributed by atoms with Gasteiger partial charge in [-0.15, -0.1) is 0 Å². The lowest BCUT2D eigenvalue weighted by atomic mass is 10.0. The molecule has 7 nitrogen and oxygen atoms in total. The van der Waals surface area contributed by atoms with Crippen molar-refractivity contribution in [2.45, 2.75) is 26.7 Å². The molecule has 0 aliphatic heterocycles. The number of aromatic nitrogens is 4. The number of esters is 1. The number of benzene rings is 2. The highest BCUT2D eigenvalue weighted by Gasteiger charge is 2.23. The maximum atomic E-state index is 12.2. The zero-order valence-corrected chi connectivity index (χ0v) is 17.3. The molecule has 2 aromatic carbocycles. The van der Waals surface area contributed by atoms with Crippen molar-refractivity contribution in [1.29, 1.82) is 0 Å². The van der Waals surface area contributed by atoms with Gasteiger partial charge < -0.3 is 9.26 Å². The van der Waals surface area contributed by atoms with Gasteiger partial charge in [-0.3, -0.25) is 0 Å². The predicted molar refractivity (Wildman–Crippen MR) is 112 cm³/mol. The van der Waals surface area contributed by atoms with E-state index >= 15 is 0 Å². The third kappa shape index (κ3) is 3.61. The zero-order valence-electron chi connectivity index (χ0n) is 17.3. The summed E-state index contributed by atoms with van der Waals surface area (Å²) in [6, 6.07) is 17.4. The van der Waals surface area contributed by atoms with E-state index in [0.29, 0.717) is 11.5 Å². The van der Waals surface area contributed by atoms with Crippen molar-refractivity contribution in [1.82, 2.24) is 19.9 Å². The van der Waals surface area contributed by atoms with Crippen molar-refractivity contribution in [2.24, 2.45) is 0 Å². The second-order valence-corrected chi connectivity index (χ2v) is 7.32. The van der Waals surface area contributed by atoms with Crippen molar-refractivity contribution in [3.05, 3.63) is 71.4 Å². The molecule has 0 radical (unpaired) electrons. The van der Waals surface area contributed by atoms with E-state index in [1.165, 1.54) is 7.11 Å². The first-order valence-corrected chi connectivity index (χ1v) is 9.66. The van der Waals surface area contributed by atoms with Crippen LogP contribution < -0.4 is 0 Å². The van der Waals surface area contributed by atoms with Crippen LogP contribution in [-0.2, 0) is 4.74 Å². The summed E-state index contributed by atoms with van der Waals surface area (Å²) >= 11 is 0. The zero-order chi connectivity index (χ0) is 21.3. The Morgan fingerprint density at radius 1 is 1.10 bits per heavy atom. The minimum atomic E-state index is -0.532. The van der Waals surface area contributed by atoms with E-state index < -0.39 is 5.97 Å². The fraction of sp³-hybridized carbons (Fsp3) is 0.217. The fourth-order valence-electron chi connectivity index (χ4n) is 3.32. The van der Waals surface area contributed by atoms with Gasteiger partial charge in [-0.1, -0.05) is 61.0 Å². The van der Waals surface area contributed by atoms with Crippen LogP contribution in [0.2, 0.25) is 0 Å². The fourth-order valence-corrected chi connectivity index (χ4v) is 3.32. The van der Waals surface area contributed by atoms with Gasteiger partial charge >= 0.3 is 5.97 Å². The monoisotopic (exact) mass is 402 g/mol. The summed E-state index contributed by atoms with van der Waals surface area (Å²) in [5.74, 6) is 0.465. The highest BCUT2D eigenvalue weighted by Crippen LogP contribution is 2.29. The maximum Gasteiger partial charge on any atom is 0.358 e. The highest BCUT2D eigenvalue weighted by molar-refractivity contribution is 5.88. The lowest BCUT2D eigenvalue weighted by Crippen LogP contribution is -2.07. The number of hydrogen-bond donors (Lipinski definition) is 0. The quantitative estimate of drug-likeness (QED) is 0.446. The van der Waals surface area contributed by atoms with Crippen LogP contribution in [-0.4, -0.2) is 33.0 Å². The Balaban J connectivity index is 1.87.